The summed E-state index contributed by atoms with van der Waals surface area (Å²) >= 11 is 0. The molecule has 0 fully saturated rings. The minimum Gasteiger partial charge on any atom is -0.407 e. The van der Waals surface area contributed by atoms with Gasteiger partial charge in [0.15, 0.2) is 5.58 Å². The standard InChI is InChI=1S/C18H17N3O5/c22-17(19-11-5-4-8-13-6-2-1-3-7-13)20-15-12-14(21(24)25)9-10-16(15)26-18(20)23/h1-3,6-7,9-10,12H,4-5,8,11H2,(H,19,22). The van der Waals surface area contributed by atoms with E-state index in [1.54, 1.807) is 0 Å². The van der Waals surface area contributed by atoms with E-state index in [1.165, 1.54) is 17.7 Å². The van der Waals surface area contributed by atoms with Crippen LogP contribution in [-0.4, -0.2) is 22.1 Å². The number of rotatable bonds is 6. The Bertz CT molecular complexity index is 991. The predicted molar refractivity (Wildman–Crippen MR) is 95.3 cm³/mol. The number of hydrogen-bond acceptors (Lipinski definition) is 5. The minimum absolute atomic E-state index is 0.0750. The van der Waals surface area contributed by atoms with Crippen LogP contribution < -0.4 is 11.1 Å². The summed E-state index contributed by atoms with van der Waals surface area (Å²) in [7, 11) is 0. The zero-order chi connectivity index (χ0) is 18.5. The Morgan fingerprint density at radius 3 is 2.65 bits per heavy atom. The molecule has 134 valence electrons. The van der Waals surface area contributed by atoms with Crippen molar-refractivity contribution in [1.29, 1.82) is 0 Å². The molecule has 3 aromatic rings. The molecular weight excluding hydrogens is 338 g/mol. The topological polar surface area (TPSA) is 107 Å². The van der Waals surface area contributed by atoms with Crippen molar-refractivity contribution in [3.8, 4) is 0 Å². The van der Waals surface area contributed by atoms with Crippen LogP contribution in [0.5, 0.6) is 0 Å². The number of non-ortho nitro benzene ring substituents is 1. The van der Waals surface area contributed by atoms with Crippen molar-refractivity contribution in [2.24, 2.45) is 0 Å². The quantitative estimate of drug-likeness (QED) is 0.415. The van der Waals surface area contributed by atoms with E-state index in [4.69, 9.17) is 4.42 Å². The Labute approximate surface area is 148 Å². The van der Waals surface area contributed by atoms with Gasteiger partial charge in [0, 0.05) is 18.7 Å². The molecule has 0 atom stereocenters. The zero-order valence-corrected chi connectivity index (χ0v) is 13.9. The highest BCUT2D eigenvalue weighted by Gasteiger charge is 2.18. The van der Waals surface area contributed by atoms with Crippen LogP contribution in [0, 0.1) is 10.1 Å². The molecule has 1 aromatic heterocycles. The molecule has 1 heterocycles. The molecule has 0 radical (unpaired) electrons. The van der Waals surface area contributed by atoms with Crippen molar-refractivity contribution in [2.45, 2.75) is 19.3 Å². The summed E-state index contributed by atoms with van der Waals surface area (Å²) in [5.74, 6) is -0.873. The van der Waals surface area contributed by atoms with Gasteiger partial charge in [-0.1, -0.05) is 30.3 Å². The van der Waals surface area contributed by atoms with E-state index in [0.29, 0.717) is 6.54 Å². The van der Waals surface area contributed by atoms with Gasteiger partial charge in [-0.2, -0.15) is 4.57 Å². The highest BCUT2D eigenvalue weighted by Crippen LogP contribution is 2.19. The van der Waals surface area contributed by atoms with E-state index in [2.05, 4.69) is 5.32 Å². The first-order valence-corrected chi connectivity index (χ1v) is 8.18. The van der Waals surface area contributed by atoms with Gasteiger partial charge in [0.25, 0.3) is 5.69 Å². The number of hydrogen-bond donors (Lipinski definition) is 1. The Kier molecular flexibility index (Phi) is 5.12. The van der Waals surface area contributed by atoms with Gasteiger partial charge in [-0.25, -0.2) is 9.59 Å². The molecule has 8 nitrogen and oxygen atoms in total. The van der Waals surface area contributed by atoms with Crippen LogP contribution in [0.25, 0.3) is 11.1 Å². The summed E-state index contributed by atoms with van der Waals surface area (Å²) < 4.78 is 5.74. The molecule has 26 heavy (non-hydrogen) atoms. The lowest BCUT2D eigenvalue weighted by Gasteiger charge is -2.05. The molecule has 0 bridgehead atoms. The molecule has 0 saturated carbocycles. The van der Waals surface area contributed by atoms with Crippen LogP contribution in [0.2, 0.25) is 0 Å². The molecule has 0 aliphatic carbocycles. The SMILES string of the molecule is O=C(NCCCCc1ccccc1)n1c(=O)oc2ccc([N+](=O)[O-])cc21. The fourth-order valence-electron chi connectivity index (χ4n) is 2.68. The van der Waals surface area contributed by atoms with Crippen molar-refractivity contribution in [1.82, 2.24) is 9.88 Å². The largest absolute Gasteiger partial charge is 0.428 e. The summed E-state index contributed by atoms with van der Waals surface area (Å²) in [5, 5.41) is 13.5. The monoisotopic (exact) mass is 355 g/mol. The summed E-state index contributed by atoms with van der Waals surface area (Å²) in [6.07, 6.45) is 2.53. The van der Waals surface area contributed by atoms with Gasteiger partial charge in [-0.15, -0.1) is 0 Å². The van der Waals surface area contributed by atoms with E-state index >= 15 is 0 Å². The van der Waals surface area contributed by atoms with Crippen LogP contribution >= 0.6 is 0 Å². The van der Waals surface area contributed by atoms with Crippen LogP contribution in [0.1, 0.15) is 18.4 Å². The van der Waals surface area contributed by atoms with Crippen LogP contribution in [0.15, 0.2) is 57.7 Å². The Hall–Kier alpha value is -3.42. The van der Waals surface area contributed by atoms with Gasteiger partial charge in [0.2, 0.25) is 0 Å². The first kappa shape index (κ1) is 17.4. The number of nitrogens with zero attached hydrogens (tertiary/aromatic N) is 2. The number of aryl methyl sites for hydroxylation is 1. The molecular formula is C18H17N3O5. The number of unbranched alkanes of at least 4 members (excludes halogenated alkanes) is 1. The van der Waals surface area contributed by atoms with Gasteiger partial charge in [0.05, 0.1) is 4.92 Å². The predicted octanol–water partition coefficient (Wildman–Crippen LogP) is 3.08. The molecule has 3 rings (SSSR count). The van der Waals surface area contributed by atoms with Crippen molar-refractivity contribution in [2.75, 3.05) is 6.54 Å². The normalized spacial score (nSPS) is 10.8. The Morgan fingerprint density at radius 2 is 1.92 bits per heavy atom. The molecule has 1 N–H and O–H groups in total. The summed E-state index contributed by atoms with van der Waals surface area (Å²) in [6, 6.07) is 13.0. The van der Waals surface area contributed by atoms with Crippen molar-refractivity contribution >= 4 is 22.8 Å². The molecule has 1 amide bonds. The summed E-state index contributed by atoms with van der Waals surface area (Å²) in [5.41, 5.74) is 1.21. The second-order valence-electron chi connectivity index (χ2n) is 5.79. The number of aromatic nitrogens is 1. The third-order valence-electron chi connectivity index (χ3n) is 3.99. The van der Waals surface area contributed by atoms with E-state index in [9.17, 15) is 19.7 Å². The number of fused-ring (bicyclic) bond motifs is 1. The van der Waals surface area contributed by atoms with Gasteiger partial charge in [-0.3, -0.25) is 10.1 Å². The van der Waals surface area contributed by atoms with Gasteiger partial charge < -0.3 is 9.73 Å². The zero-order valence-electron chi connectivity index (χ0n) is 13.9. The number of oxazole rings is 1. The average molecular weight is 355 g/mol. The molecule has 2 aromatic carbocycles. The fourth-order valence-corrected chi connectivity index (χ4v) is 2.68. The first-order chi connectivity index (χ1) is 12.6. The fraction of sp³-hybridized carbons (Fsp3) is 0.222. The highest BCUT2D eigenvalue weighted by molar-refractivity contribution is 5.88. The third-order valence-corrected chi connectivity index (χ3v) is 3.99. The van der Waals surface area contributed by atoms with Crippen molar-refractivity contribution < 1.29 is 14.1 Å². The number of carbonyl (C=O) groups excluding carboxylic acids is 1. The maximum absolute atomic E-state index is 12.3. The number of amides is 1. The average Bonchev–Trinajstić information content (AvgIpc) is 2.97. The maximum Gasteiger partial charge on any atom is 0.428 e. The maximum atomic E-state index is 12.3. The molecule has 0 unspecified atom stereocenters. The first-order valence-electron chi connectivity index (χ1n) is 8.18. The summed E-state index contributed by atoms with van der Waals surface area (Å²) in [6.45, 7) is 0.389. The second kappa shape index (κ2) is 7.64. The number of nitro groups is 1. The van der Waals surface area contributed by atoms with E-state index < -0.39 is 16.7 Å². The Morgan fingerprint density at radius 1 is 1.15 bits per heavy atom. The lowest BCUT2D eigenvalue weighted by atomic mass is 10.1. The molecule has 0 aliphatic heterocycles. The third kappa shape index (κ3) is 3.80. The number of carbonyl (C=O) groups is 1. The van der Waals surface area contributed by atoms with E-state index in [-0.39, 0.29) is 16.8 Å². The van der Waals surface area contributed by atoms with Crippen LogP contribution in [-0.2, 0) is 6.42 Å². The highest BCUT2D eigenvalue weighted by atomic mass is 16.6. The minimum atomic E-state index is -0.873. The van der Waals surface area contributed by atoms with Gasteiger partial charge >= 0.3 is 11.8 Å². The Balaban J connectivity index is 1.62. The molecule has 0 spiro atoms. The number of benzene rings is 2. The smallest absolute Gasteiger partial charge is 0.407 e. The van der Waals surface area contributed by atoms with Crippen molar-refractivity contribution in [3.63, 3.8) is 0 Å². The summed E-state index contributed by atoms with van der Waals surface area (Å²) in [4.78, 5) is 34.5. The van der Waals surface area contributed by atoms with Crippen molar-refractivity contribution in [3.05, 3.63) is 74.8 Å². The van der Waals surface area contributed by atoms with Crippen LogP contribution in [0.3, 0.4) is 0 Å². The van der Waals surface area contributed by atoms with Gasteiger partial charge in [0.1, 0.15) is 5.52 Å². The lowest BCUT2D eigenvalue weighted by Crippen LogP contribution is -2.34. The van der Waals surface area contributed by atoms with E-state index in [0.717, 1.165) is 29.9 Å². The molecule has 8 heteroatoms. The van der Waals surface area contributed by atoms with Crippen LogP contribution in [0.4, 0.5) is 10.5 Å². The van der Waals surface area contributed by atoms with E-state index in [1.807, 2.05) is 30.3 Å². The lowest BCUT2D eigenvalue weighted by molar-refractivity contribution is -0.384. The number of nitro benzene ring substituents is 1. The van der Waals surface area contributed by atoms with Gasteiger partial charge in [-0.05, 0) is 30.9 Å². The molecule has 0 saturated heterocycles. The molecule has 0 aliphatic rings. The number of nitrogens with one attached hydrogen (secondary N) is 1. The second-order valence-corrected chi connectivity index (χ2v) is 5.79.